The van der Waals surface area contributed by atoms with Crippen molar-refractivity contribution < 1.29 is 0 Å². The van der Waals surface area contributed by atoms with Crippen molar-refractivity contribution in [3.05, 3.63) is 21.6 Å². The highest BCUT2D eigenvalue weighted by molar-refractivity contribution is 5.15. The molecule has 84 valence electrons. The van der Waals surface area contributed by atoms with Gasteiger partial charge >= 0.3 is 0 Å². The molecule has 1 atom stereocenters. The molecule has 2 heterocycles. The molecule has 0 amide bonds. The van der Waals surface area contributed by atoms with Gasteiger partial charge in [0.05, 0.1) is 0 Å². The Hall–Kier alpha value is -1.03. The molecule has 1 aromatic heterocycles. The summed E-state index contributed by atoms with van der Waals surface area (Å²) in [6.07, 6.45) is 3.44. The zero-order valence-electron chi connectivity index (χ0n) is 9.47. The van der Waals surface area contributed by atoms with E-state index in [1.807, 2.05) is 6.92 Å². The van der Waals surface area contributed by atoms with Crippen LogP contribution in [0.2, 0.25) is 0 Å². The highest BCUT2D eigenvalue weighted by Gasteiger charge is 2.15. The molecule has 1 saturated heterocycles. The maximum atomic E-state index is 11.5. The largest absolute Gasteiger partial charge is 0.316 e. The number of aryl methyl sites for hydroxylation is 2. The van der Waals surface area contributed by atoms with Crippen LogP contribution in [0.4, 0.5) is 0 Å². The van der Waals surface area contributed by atoms with Crippen LogP contribution in [0, 0.1) is 12.8 Å². The van der Waals surface area contributed by atoms with Gasteiger partial charge in [0.1, 0.15) is 0 Å². The summed E-state index contributed by atoms with van der Waals surface area (Å²) in [4.78, 5) is 11.5. The normalized spacial score (nSPS) is 21.1. The number of aromatic nitrogens is 2. The summed E-state index contributed by atoms with van der Waals surface area (Å²) in [5.41, 5.74) is 2.09. The SMILES string of the molecule is Cc1c(CCC2CCNC2)[nH]n(C)c1=O. The van der Waals surface area contributed by atoms with E-state index < -0.39 is 0 Å². The molecule has 4 nitrogen and oxygen atoms in total. The fourth-order valence-electron chi connectivity index (χ4n) is 2.27. The third-order valence-electron chi connectivity index (χ3n) is 3.35. The van der Waals surface area contributed by atoms with Gasteiger partial charge in [-0.3, -0.25) is 14.6 Å². The molecule has 0 spiro atoms. The van der Waals surface area contributed by atoms with Crippen molar-refractivity contribution in [3.8, 4) is 0 Å². The number of aromatic amines is 1. The van der Waals surface area contributed by atoms with E-state index in [-0.39, 0.29) is 5.56 Å². The Bertz CT molecular complexity index is 385. The predicted octanol–water partition coefficient (Wildman–Crippen LogP) is 0.564. The van der Waals surface area contributed by atoms with Crippen LogP contribution in [0.15, 0.2) is 4.79 Å². The van der Waals surface area contributed by atoms with Gasteiger partial charge < -0.3 is 5.32 Å². The van der Waals surface area contributed by atoms with E-state index >= 15 is 0 Å². The molecule has 2 rings (SSSR count). The van der Waals surface area contributed by atoms with E-state index in [4.69, 9.17) is 0 Å². The number of nitrogens with zero attached hydrogens (tertiary/aromatic N) is 1. The first kappa shape index (κ1) is 10.5. The second-order valence-electron chi connectivity index (χ2n) is 4.48. The van der Waals surface area contributed by atoms with E-state index in [2.05, 4.69) is 10.4 Å². The minimum absolute atomic E-state index is 0.106. The number of H-pyrrole nitrogens is 1. The van der Waals surface area contributed by atoms with Crippen LogP contribution in [0.25, 0.3) is 0 Å². The van der Waals surface area contributed by atoms with Crippen LogP contribution >= 0.6 is 0 Å². The zero-order valence-corrected chi connectivity index (χ0v) is 9.47. The smallest absolute Gasteiger partial charge is 0.269 e. The fourth-order valence-corrected chi connectivity index (χ4v) is 2.27. The van der Waals surface area contributed by atoms with Crippen molar-refractivity contribution in [1.29, 1.82) is 0 Å². The molecule has 0 bridgehead atoms. The van der Waals surface area contributed by atoms with E-state index in [1.54, 1.807) is 11.7 Å². The zero-order chi connectivity index (χ0) is 10.8. The Kier molecular flexibility index (Phi) is 2.95. The van der Waals surface area contributed by atoms with Gasteiger partial charge in [0.2, 0.25) is 0 Å². The van der Waals surface area contributed by atoms with Crippen LogP contribution < -0.4 is 10.9 Å². The number of nitrogens with one attached hydrogen (secondary N) is 2. The van der Waals surface area contributed by atoms with Crippen molar-refractivity contribution in [3.63, 3.8) is 0 Å². The van der Waals surface area contributed by atoms with Gasteiger partial charge in [0, 0.05) is 18.3 Å². The predicted molar refractivity (Wildman–Crippen MR) is 60.1 cm³/mol. The monoisotopic (exact) mass is 209 g/mol. The molecular weight excluding hydrogens is 190 g/mol. The summed E-state index contributed by atoms with van der Waals surface area (Å²) < 4.78 is 1.57. The maximum absolute atomic E-state index is 11.5. The summed E-state index contributed by atoms with van der Waals surface area (Å²) in [6, 6.07) is 0. The quantitative estimate of drug-likeness (QED) is 0.764. The average Bonchev–Trinajstić information content (AvgIpc) is 2.80. The van der Waals surface area contributed by atoms with Crippen molar-refractivity contribution in [2.45, 2.75) is 26.2 Å². The van der Waals surface area contributed by atoms with Crippen molar-refractivity contribution in [2.24, 2.45) is 13.0 Å². The van der Waals surface area contributed by atoms with Crippen LogP contribution in [0.3, 0.4) is 0 Å². The molecule has 1 aromatic rings. The summed E-state index contributed by atoms with van der Waals surface area (Å²) >= 11 is 0. The lowest BCUT2D eigenvalue weighted by Crippen LogP contribution is -2.13. The molecule has 0 radical (unpaired) electrons. The molecule has 1 aliphatic heterocycles. The summed E-state index contributed by atoms with van der Waals surface area (Å²) in [6.45, 7) is 4.19. The highest BCUT2D eigenvalue weighted by atomic mass is 16.1. The number of hydrogen-bond donors (Lipinski definition) is 2. The molecule has 0 aliphatic carbocycles. The third-order valence-corrected chi connectivity index (χ3v) is 3.35. The fraction of sp³-hybridized carbons (Fsp3) is 0.727. The molecule has 15 heavy (non-hydrogen) atoms. The minimum atomic E-state index is 0.106. The van der Waals surface area contributed by atoms with Crippen LogP contribution in [-0.2, 0) is 13.5 Å². The van der Waals surface area contributed by atoms with Crippen molar-refractivity contribution in [1.82, 2.24) is 15.1 Å². The molecule has 2 N–H and O–H groups in total. The third kappa shape index (κ3) is 2.15. The molecule has 1 aliphatic rings. The van der Waals surface area contributed by atoms with Crippen molar-refractivity contribution in [2.75, 3.05) is 13.1 Å². The van der Waals surface area contributed by atoms with Crippen molar-refractivity contribution >= 4 is 0 Å². The van der Waals surface area contributed by atoms with Crippen LogP contribution in [0.1, 0.15) is 24.1 Å². The van der Waals surface area contributed by atoms with Gasteiger partial charge in [-0.25, -0.2) is 0 Å². The maximum Gasteiger partial charge on any atom is 0.269 e. The standard InChI is InChI=1S/C11H19N3O/c1-8-10(13-14(2)11(8)15)4-3-9-5-6-12-7-9/h9,12-13H,3-7H2,1-2H3. The summed E-state index contributed by atoms with van der Waals surface area (Å²) in [5.74, 6) is 0.785. The molecular formula is C11H19N3O. The summed E-state index contributed by atoms with van der Waals surface area (Å²) in [7, 11) is 1.77. The lowest BCUT2D eigenvalue weighted by molar-refractivity contribution is 0.526. The van der Waals surface area contributed by atoms with Gasteiger partial charge in [0.15, 0.2) is 0 Å². The van der Waals surface area contributed by atoms with Gasteiger partial charge in [-0.1, -0.05) is 0 Å². The Morgan fingerprint density at radius 1 is 1.53 bits per heavy atom. The molecule has 0 aromatic carbocycles. The second kappa shape index (κ2) is 4.23. The Morgan fingerprint density at radius 3 is 2.87 bits per heavy atom. The summed E-state index contributed by atoms with van der Waals surface area (Å²) in [5, 5.41) is 6.48. The van der Waals surface area contributed by atoms with E-state index in [0.29, 0.717) is 0 Å². The lowest BCUT2D eigenvalue weighted by Gasteiger charge is -2.06. The minimum Gasteiger partial charge on any atom is -0.316 e. The first-order valence-electron chi connectivity index (χ1n) is 5.63. The van der Waals surface area contributed by atoms with Crippen LogP contribution in [-0.4, -0.2) is 22.9 Å². The topological polar surface area (TPSA) is 49.8 Å². The Labute approximate surface area is 89.7 Å². The van der Waals surface area contributed by atoms with Gasteiger partial charge in [-0.15, -0.1) is 0 Å². The molecule has 1 fully saturated rings. The average molecular weight is 209 g/mol. The first-order valence-corrected chi connectivity index (χ1v) is 5.63. The van der Waals surface area contributed by atoms with Gasteiger partial charge in [-0.05, 0) is 45.2 Å². The van der Waals surface area contributed by atoms with E-state index in [1.165, 1.54) is 12.8 Å². The van der Waals surface area contributed by atoms with E-state index in [9.17, 15) is 4.79 Å². The Balaban J connectivity index is 1.98. The molecule has 0 saturated carbocycles. The Morgan fingerprint density at radius 2 is 2.33 bits per heavy atom. The molecule has 1 unspecified atom stereocenters. The number of hydrogen-bond acceptors (Lipinski definition) is 2. The van der Waals surface area contributed by atoms with Gasteiger partial charge in [0.25, 0.3) is 5.56 Å². The van der Waals surface area contributed by atoms with Gasteiger partial charge in [-0.2, -0.15) is 0 Å². The lowest BCUT2D eigenvalue weighted by atomic mass is 10.0. The second-order valence-corrected chi connectivity index (χ2v) is 4.48. The first-order chi connectivity index (χ1) is 7.18. The molecule has 4 heteroatoms. The van der Waals surface area contributed by atoms with E-state index in [0.717, 1.165) is 36.7 Å². The number of rotatable bonds is 3. The highest BCUT2D eigenvalue weighted by Crippen LogP contribution is 2.15. The van der Waals surface area contributed by atoms with Crippen LogP contribution in [0.5, 0.6) is 0 Å².